The molecule has 1 aliphatic rings. The molecule has 0 spiro atoms. The smallest absolute Gasteiger partial charge is 0.322 e. The number of hydrogen-bond acceptors (Lipinski definition) is 5. The van der Waals surface area contributed by atoms with Gasteiger partial charge in [0.15, 0.2) is 5.75 Å². The Hall–Kier alpha value is -0.660. The number of carbonyl (C=O) groups excluding carboxylic acids is 1. The zero-order valence-corrected chi connectivity index (χ0v) is 10.2. The van der Waals surface area contributed by atoms with Gasteiger partial charge in [-0.05, 0) is 25.3 Å². The van der Waals surface area contributed by atoms with Crippen LogP contribution in [-0.4, -0.2) is 51.2 Å². The second-order valence-corrected chi connectivity index (χ2v) is 5.88. The van der Waals surface area contributed by atoms with Crippen LogP contribution in [0.4, 0.5) is 0 Å². The first-order valence-corrected chi connectivity index (χ1v) is 6.85. The van der Waals surface area contributed by atoms with E-state index in [4.69, 9.17) is 5.73 Å². The number of rotatable bonds is 4. The van der Waals surface area contributed by atoms with Crippen molar-refractivity contribution >= 4 is 16.0 Å². The summed E-state index contributed by atoms with van der Waals surface area (Å²) in [4.78, 5) is 10.9. The molecule has 2 N–H and O–H groups in total. The average Bonchev–Trinajstić information content (AvgIpc) is 2.28. The lowest BCUT2D eigenvalue weighted by molar-refractivity contribution is -0.137. The molecule has 0 atom stereocenters. The Bertz CT molecular complexity index is 333. The zero-order valence-electron chi connectivity index (χ0n) is 9.39. The highest BCUT2D eigenvalue weighted by Gasteiger charge is 2.29. The molecule has 0 amide bonds. The van der Waals surface area contributed by atoms with E-state index in [0.717, 1.165) is 12.8 Å². The van der Waals surface area contributed by atoms with Crippen LogP contribution in [-0.2, 0) is 19.6 Å². The van der Waals surface area contributed by atoms with Crippen molar-refractivity contribution in [2.45, 2.75) is 12.8 Å². The third-order valence-electron chi connectivity index (χ3n) is 2.83. The predicted octanol–water partition coefficient (Wildman–Crippen LogP) is -0.840. The Morgan fingerprint density at radius 3 is 2.44 bits per heavy atom. The third-order valence-corrected chi connectivity index (χ3v) is 4.58. The molecule has 0 radical (unpaired) electrons. The van der Waals surface area contributed by atoms with E-state index in [1.807, 2.05) is 0 Å². The number of hydrogen-bond donors (Lipinski definition) is 1. The number of sulfonamides is 1. The quantitative estimate of drug-likeness (QED) is 0.657. The topological polar surface area (TPSA) is 89.7 Å². The predicted molar refractivity (Wildman–Crippen MR) is 59.2 cm³/mol. The van der Waals surface area contributed by atoms with Gasteiger partial charge in [0.1, 0.15) is 0 Å². The van der Waals surface area contributed by atoms with Crippen molar-refractivity contribution in [1.29, 1.82) is 0 Å². The third kappa shape index (κ3) is 3.43. The van der Waals surface area contributed by atoms with Crippen LogP contribution in [0.5, 0.6) is 0 Å². The number of carbonyl (C=O) groups is 1. The fourth-order valence-corrected chi connectivity index (χ4v) is 3.09. The van der Waals surface area contributed by atoms with Crippen LogP contribution in [0.15, 0.2) is 0 Å². The lowest BCUT2D eigenvalue weighted by Gasteiger charge is -2.30. The summed E-state index contributed by atoms with van der Waals surface area (Å²) in [5.74, 6) is -0.901. The molecule has 1 fully saturated rings. The standard InChI is InChI=1S/C9H18N2O4S/c1-15-9(12)7-16(13,14)11-4-2-8(6-10)3-5-11/h8H,2-7,10H2,1H3. The summed E-state index contributed by atoms with van der Waals surface area (Å²) in [5.41, 5.74) is 5.52. The number of esters is 1. The van der Waals surface area contributed by atoms with Gasteiger partial charge in [0.25, 0.3) is 0 Å². The number of piperidine rings is 1. The number of methoxy groups -OCH3 is 1. The van der Waals surface area contributed by atoms with E-state index in [1.54, 1.807) is 0 Å². The SMILES string of the molecule is COC(=O)CS(=O)(=O)N1CCC(CN)CC1. The van der Waals surface area contributed by atoms with E-state index < -0.39 is 21.7 Å². The summed E-state index contributed by atoms with van der Waals surface area (Å²) in [6.45, 7) is 1.48. The molecule has 1 aliphatic heterocycles. The molecular formula is C9H18N2O4S. The molecule has 0 aliphatic carbocycles. The van der Waals surface area contributed by atoms with Crippen molar-refractivity contribution in [3.63, 3.8) is 0 Å². The van der Waals surface area contributed by atoms with Crippen molar-refractivity contribution in [1.82, 2.24) is 4.31 Å². The Morgan fingerprint density at radius 1 is 1.44 bits per heavy atom. The minimum Gasteiger partial charge on any atom is -0.468 e. The first-order valence-electron chi connectivity index (χ1n) is 5.24. The number of nitrogens with two attached hydrogens (primary N) is 1. The van der Waals surface area contributed by atoms with Gasteiger partial charge < -0.3 is 10.5 Å². The largest absolute Gasteiger partial charge is 0.468 e. The van der Waals surface area contributed by atoms with E-state index >= 15 is 0 Å². The van der Waals surface area contributed by atoms with Crippen LogP contribution < -0.4 is 5.73 Å². The molecular weight excluding hydrogens is 232 g/mol. The molecule has 0 aromatic heterocycles. The van der Waals surface area contributed by atoms with Gasteiger partial charge >= 0.3 is 5.97 Å². The molecule has 0 unspecified atom stereocenters. The molecule has 0 aromatic carbocycles. The summed E-state index contributed by atoms with van der Waals surface area (Å²) in [5, 5.41) is 0. The summed E-state index contributed by atoms with van der Waals surface area (Å²) in [6.07, 6.45) is 1.52. The van der Waals surface area contributed by atoms with Crippen LogP contribution in [0.25, 0.3) is 0 Å². The highest BCUT2D eigenvalue weighted by molar-refractivity contribution is 7.89. The van der Waals surface area contributed by atoms with Crippen LogP contribution in [0.1, 0.15) is 12.8 Å². The molecule has 0 aromatic rings. The van der Waals surface area contributed by atoms with Crippen molar-refractivity contribution < 1.29 is 17.9 Å². The molecule has 1 saturated heterocycles. The van der Waals surface area contributed by atoms with Gasteiger partial charge in [-0.25, -0.2) is 12.7 Å². The highest BCUT2D eigenvalue weighted by atomic mass is 32.2. The van der Waals surface area contributed by atoms with Gasteiger partial charge in [-0.2, -0.15) is 0 Å². The van der Waals surface area contributed by atoms with E-state index in [0.29, 0.717) is 25.6 Å². The zero-order chi connectivity index (χ0) is 12.2. The Labute approximate surface area is 95.8 Å². The molecule has 16 heavy (non-hydrogen) atoms. The minimum atomic E-state index is -3.51. The lowest BCUT2D eigenvalue weighted by Crippen LogP contribution is -2.42. The van der Waals surface area contributed by atoms with Crippen molar-refractivity contribution in [2.75, 3.05) is 32.5 Å². The molecule has 0 bridgehead atoms. The number of nitrogens with zero attached hydrogens (tertiary/aromatic N) is 1. The second-order valence-electron chi connectivity index (χ2n) is 3.91. The lowest BCUT2D eigenvalue weighted by atomic mass is 9.99. The molecule has 6 nitrogen and oxygen atoms in total. The first kappa shape index (κ1) is 13.4. The summed E-state index contributed by atoms with van der Waals surface area (Å²) >= 11 is 0. The summed E-state index contributed by atoms with van der Waals surface area (Å²) < 4.78 is 29.2. The van der Waals surface area contributed by atoms with Gasteiger partial charge in [0.2, 0.25) is 10.0 Å². The Balaban J connectivity index is 2.55. The van der Waals surface area contributed by atoms with E-state index in [1.165, 1.54) is 11.4 Å². The van der Waals surface area contributed by atoms with Gasteiger partial charge in [0, 0.05) is 13.1 Å². The number of ether oxygens (including phenoxy) is 1. The molecule has 1 heterocycles. The average molecular weight is 250 g/mol. The van der Waals surface area contributed by atoms with Crippen LogP contribution >= 0.6 is 0 Å². The summed E-state index contributed by atoms with van der Waals surface area (Å²) in [6, 6.07) is 0. The Kier molecular flexibility index (Phi) is 4.69. The Morgan fingerprint density at radius 2 is 2.00 bits per heavy atom. The van der Waals surface area contributed by atoms with Crippen molar-refractivity contribution in [3.05, 3.63) is 0 Å². The molecule has 1 rings (SSSR count). The fraction of sp³-hybridized carbons (Fsp3) is 0.889. The first-order chi connectivity index (χ1) is 7.49. The van der Waals surface area contributed by atoms with Gasteiger partial charge in [-0.3, -0.25) is 4.79 Å². The maximum atomic E-state index is 11.7. The molecule has 94 valence electrons. The molecule has 7 heteroatoms. The van der Waals surface area contributed by atoms with Gasteiger partial charge in [-0.1, -0.05) is 0 Å². The van der Waals surface area contributed by atoms with E-state index in [2.05, 4.69) is 4.74 Å². The van der Waals surface area contributed by atoms with E-state index in [9.17, 15) is 13.2 Å². The fourth-order valence-electron chi connectivity index (χ4n) is 1.72. The van der Waals surface area contributed by atoms with Crippen LogP contribution in [0.2, 0.25) is 0 Å². The van der Waals surface area contributed by atoms with Gasteiger partial charge in [-0.15, -0.1) is 0 Å². The minimum absolute atomic E-state index is 0.393. The normalized spacial score (nSPS) is 19.6. The second kappa shape index (κ2) is 5.60. The van der Waals surface area contributed by atoms with Crippen molar-refractivity contribution in [2.24, 2.45) is 11.7 Å². The maximum absolute atomic E-state index is 11.7. The highest BCUT2D eigenvalue weighted by Crippen LogP contribution is 2.18. The van der Waals surface area contributed by atoms with Crippen molar-refractivity contribution in [3.8, 4) is 0 Å². The van der Waals surface area contributed by atoms with E-state index in [-0.39, 0.29) is 0 Å². The molecule has 0 saturated carbocycles. The van der Waals surface area contributed by atoms with Crippen LogP contribution in [0, 0.1) is 5.92 Å². The van der Waals surface area contributed by atoms with Gasteiger partial charge in [0.05, 0.1) is 7.11 Å². The summed E-state index contributed by atoms with van der Waals surface area (Å²) in [7, 11) is -2.33. The monoisotopic (exact) mass is 250 g/mol. The van der Waals surface area contributed by atoms with Crippen LogP contribution in [0.3, 0.4) is 0 Å². The maximum Gasteiger partial charge on any atom is 0.322 e.